The number of nitrogens with one attached hydrogen (secondary N) is 1. The maximum absolute atomic E-state index is 11.9. The lowest BCUT2D eigenvalue weighted by molar-refractivity contribution is -0.132. The molecule has 0 bridgehead atoms. The second kappa shape index (κ2) is 5.63. The van der Waals surface area contributed by atoms with Gasteiger partial charge in [0.15, 0.2) is 5.43 Å². The molecule has 1 aliphatic rings. The quantitative estimate of drug-likeness (QED) is 0.780. The lowest BCUT2D eigenvalue weighted by Gasteiger charge is -2.27. The number of aryl methyl sites for hydroxylation is 1. The third-order valence-electron chi connectivity index (χ3n) is 2.91. The van der Waals surface area contributed by atoms with Gasteiger partial charge in [-0.1, -0.05) is 0 Å². The summed E-state index contributed by atoms with van der Waals surface area (Å²) in [5, 5.41) is 3.22. The molecule has 0 atom stereocenters. The van der Waals surface area contributed by atoms with Crippen molar-refractivity contribution >= 4 is 5.91 Å². The average Bonchev–Trinajstić information content (AvgIpc) is 2.39. The summed E-state index contributed by atoms with van der Waals surface area (Å²) >= 11 is 0. The molecule has 5 heteroatoms. The molecule has 1 aromatic rings. The average molecular weight is 235 g/mol. The molecule has 1 fully saturated rings. The van der Waals surface area contributed by atoms with Crippen LogP contribution < -0.4 is 10.7 Å². The van der Waals surface area contributed by atoms with Crippen LogP contribution in [0.3, 0.4) is 0 Å². The highest BCUT2D eigenvalue weighted by Crippen LogP contribution is 1.99. The van der Waals surface area contributed by atoms with E-state index in [0.29, 0.717) is 13.0 Å². The van der Waals surface area contributed by atoms with Crippen LogP contribution in [0.1, 0.15) is 6.42 Å². The number of carbonyl (C=O) groups is 1. The Hall–Kier alpha value is -1.62. The zero-order valence-corrected chi connectivity index (χ0v) is 9.76. The van der Waals surface area contributed by atoms with Crippen LogP contribution in [0.25, 0.3) is 0 Å². The van der Waals surface area contributed by atoms with Gasteiger partial charge in [0.25, 0.3) is 0 Å². The molecule has 17 heavy (non-hydrogen) atoms. The number of hydrogen-bond acceptors (Lipinski definition) is 3. The van der Waals surface area contributed by atoms with E-state index in [1.54, 1.807) is 12.4 Å². The Balaban J connectivity index is 1.83. The first-order valence-corrected chi connectivity index (χ1v) is 5.90. The van der Waals surface area contributed by atoms with Gasteiger partial charge >= 0.3 is 0 Å². The minimum atomic E-state index is -0.00492. The summed E-state index contributed by atoms with van der Waals surface area (Å²) in [6.45, 7) is 3.97. The highest BCUT2D eigenvalue weighted by Gasteiger charge is 2.15. The first kappa shape index (κ1) is 11.9. The number of pyridine rings is 1. The van der Waals surface area contributed by atoms with Gasteiger partial charge in [-0.15, -0.1) is 0 Å². The van der Waals surface area contributed by atoms with Crippen LogP contribution in [0.15, 0.2) is 29.3 Å². The molecular formula is C12H17N3O2. The Morgan fingerprint density at radius 1 is 1.24 bits per heavy atom. The molecule has 0 unspecified atom stereocenters. The van der Waals surface area contributed by atoms with E-state index in [4.69, 9.17) is 0 Å². The zero-order chi connectivity index (χ0) is 12.1. The number of aromatic nitrogens is 1. The maximum Gasteiger partial charge on any atom is 0.224 e. The molecule has 1 N–H and O–H groups in total. The summed E-state index contributed by atoms with van der Waals surface area (Å²) in [4.78, 5) is 24.7. The molecule has 92 valence electrons. The van der Waals surface area contributed by atoms with Crippen molar-refractivity contribution in [3.05, 3.63) is 34.7 Å². The smallest absolute Gasteiger partial charge is 0.224 e. The summed E-state index contributed by atoms with van der Waals surface area (Å²) in [5.74, 6) is 0.185. The molecular weight excluding hydrogens is 218 g/mol. The fraction of sp³-hybridized carbons (Fsp3) is 0.500. The van der Waals surface area contributed by atoms with E-state index in [1.807, 2.05) is 9.47 Å². The first-order chi connectivity index (χ1) is 8.25. The van der Waals surface area contributed by atoms with Gasteiger partial charge in [-0.2, -0.15) is 0 Å². The Morgan fingerprint density at radius 2 is 1.88 bits per heavy atom. The van der Waals surface area contributed by atoms with Crippen molar-refractivity contribution in [2.45, 2.75) is 13.0 Å². The van der Waals surface area contributed by atoms with E-state index in [1.165, 1.54) is 12.1 Å². The predicted octanol–water partition coefficient (Wildman–Crippen LogP) is -0.330. The number of hydrogen-bond donors (Lipinski definition) is 1. The Labute approximate surface area is 100 Å². The summed E-state index contributed by atoms with van der Waals surface area (Å²) in [6.07, 6.45) is 3.92. The number of rotatable bonds is 3. The number of nitrogens with zero attached hydrogens (tertiary/aromatic N) is 2. The van der Waals surface area contributed by atoms with E-state index in [2.05, 4.69) is 5.32 Å². The standard InChI is InChI=1S/C12H17N3O2/c16-11-1-6-14(7-2-11)8-3-12(17)15-9-4-13-5-10-15/h1-2,6-7,13H,3-5,8-10H2. The van der Waals surface area contributed by atoms with Crippen LogP contribution >= 0.6 is 0 Å². The molecule has 1 saturated heterocycles. The van der Waals surface area contributed by atoms with Gasteiger partial charge in [0.2, 0.25) is 5.91 Å². The lowest BCUT2D eigenvalue weighted by Crippen LogP contribution is -2.46. The van der Waals surface area contributed by atoms with Crippen LogP contribution in [-0.2, 0) is 11.3 Å². The van der Waals surface area contributed by atoms with Gasteiger partial charge in [0.05, 0.1) is 0 Å². The molecule has 0 spiro atoms. The molecule has 2 rings (SSSR count). The highest BCUT2D eigenvalue weighted by atomic mass is 16.2. The van der Waals surface area contributed by atoms with E-state index in [0.717, 1.165) is 26.2 Å². The normalized spacial score (nSPS) is 15.9. The second-order valence-corrected chi connectivity index (χ2v) is 4.15. The molecule has 2 heterocycles. The highest BCUT2D eigenvalue weighted by molar-refractivity contribution is 5.76. The second-order valence-electron chi connectivity index (χ2n) is 4.15. The van der Waals surface area contributed by atoms with Gasteiger partial charge in [0.1, 0.15) is 0 Å². The zero-order valence-electron chi connectivity index (χ0n) is 9.76. The molecule has 0 aliphatic carbocycles. The monoisotopic (exact) mass is 235 g/mol. The minimum absolute atomic E-state index is 0.00492. The third-order valence-corrected chi connectivity index (χ3v) is 2.91. The van der Waals surface area contributed by atoms with Gasteiger partial charge in [0, 0.05) is 63.7 Å². The third kappa shape index (κ3) is 3.42. The molecule has 5 nitrogen and oxygen atoms in total. The fourth-order valence-corrected chi connectivity index (χ4v) is 1.89. The van der Waals surface area contributed by atoms with Gasteiger partial charge in [-0.3, -0.25) is 9.59 Å². The summed E-state index contributed by atoms with van der Waals surface area (Å²) in [7, 11) is 0. The van der Waals surface area contributed by atoms with Gasteiger partial charge in [-0.25, -0.2) is 0 Å². The van der Waals surface area contributed by atoms with E-state index in [9.17, 15) is 9.59 Å². The Kier molecular flexibility index (Phi) is 3.93. The summed E-state index contributed by atoms with van der Waals surface area (Å²) < 4.78 is 1.86. The number of carbonyl (C=O) groups excluding carboxylic acids is 1. The molecule has 0 aromatic carbocycles. The van der Waals surface area contributed by atoms with E-state index < -0.39 is 0 Å². The topological polar surface area (TPSA) is 54.3 Å². The Bertz CT molecular complexity index is 415. The van der Waals surface area contributed by atoms with Crippen molar-refractivity contribution in [1.29, 1.82) is 0 Å². The Morgan fingerprint density at radius 3 is 2.53 bits per heavy atom. The first-order valence-electron chi connectivity index (χ1n) is 5.90. The molecule has 0 saturated carbocycles. The van der Waals surface area contributed by atoms with Crippen molar-refractivity contribution in [2.75, 3.05) is 26.2 Å². The SMILES string of the molecule is O=C(CCn1ccc(=O)cc1)N1CCNCC1. The van der Waals surface area contributed by atoms with Crippen LogP contribution in [0, 0.1) is 0 Å². The predicted molar refractivity (Wildman–Crippen MR) is 64.8 cm³/mol. The maximum atomic E-state index is 11.9. The van der Waals surface area contributed by atoms with Gasteiger partial charge < -0.3 is 14.8 Å². The number of piperazine rings is 1. The van der Waals surface area contributed by atoms with Gasteiger partial charge in [-0.05, 0) is 0 Å². The van der Waals surface area contributed by atoms with E-state index in [-0.39, 0.29) is 11.3 Å². The molecule has 1 aliphatic heterocycles. The molecule has 1 aromatic heterocycles. The molecule has 1 amide bonds. The van der Waals surface area contributed by atoms with Crippen LogP contribution in [0.2, 0.25) is 0 Å². The van der Waals surface area contributed by atoms with E-state index >= 15 is 0 Å². The van der Waals surface area contributed by atoms with Crippen molar-refractivity contribution in [3.8, 4) is 0 Å². The lowest BCUT2D eigenvalue weighted by atomic mass is 10.3. The number of amides is 1. The van der Waals surface area contributed by atoms with Crippen molar-refractivity contribution in [1.82, 2.24) is 14.8 Å². The van der Waals surface area contributed by atoms with Crippen molar-refractivity contribution in [2.24, 2.45) is 0 Å². The van der Waals surface area contributed by atoms with Crippen molar-refractivity contribution < 1.29 is 4.79 Å². The fourth-order valence-electron chi connectivity index (χ4n) is 1.89. The van der Waals surface area contributed by atoms with Crippen LogP contribution in [0.4, 0.5) is 0 Å². The minimum Gasteiger partial charge on any atom is -0.353 e. The molecule has 0 radical (unpaired) electrons. The van der Waals surface area contributed by atoms with Crippen molar-refractivity contribution in [3.63, 3.8) is 0 Å². The van der Waals surface area contributed by atoms with Crippen LogP contribution in [-0.4, -0.2) is 41.6 Å². The summed E-state index contributed by atoms with van der Waals surface area (Å²) in [6, 6.07) is 3.02. The van der Waals surface area contributed by atoms with Crippen LogP contribution in [0.5, 0.6) is 0 Å². The summed E-state index contributed by atoms with van der Waals surface area (Å²) in [5.41, 5.74) is -0.00492. The largest absolute Gasteiger partial charge is 0.353 e.